The fraction of sp³-hybridized carbons (Fsp3) is 0.133. The van der Waals surface area contributed by atoms with E-state index in [0.717, 1.165) is 22.7 Å². The molecule has 8 heteroatoms. The topological polar surface area (TPSA) is 101 Å². The molecular weight excluding hydrogens is 314 g/mol. The van der Waals surface area contributed by atoms with Gasteiger partial charge in [0.1, 0.15) is 12.1 Å². The zero-order chi connectivity index (χ0) is 16.2. The number of benzene rings is 1. The highest BCUT2D eigenvalue weighted by Crippen LogP contribution is 2.19. The van der Waals surface area contributed by atoms with Gasteiger partial charge >= 0.3 is 0 Å². The van der Waals surface area contributed by atoms with Crippen LogP contribution in [0, 0.1) is 6.92 Å². The summed E-state index contributed by atoms with van der Waals surface area (Å²) in [5, 5.41) is 3.94. The van der Waals surface area contributed by atoms with Gasteiger partial charge in [-0.2, -0.15) is 0 Å². The van der Waals surface area contributed by atoms with E-state index in [9.17, 15) is 9.59 Å². The SMILES string of the molecule is Cc1cc(=O)[nH]c(SCC(=O)Nc2ncnc3ccccc23)n1. The molecule has 3 aromatic rings. The molecule has 1 aromatic carbocycles. The summed E-state index contributed by atoms with van der Waals surface area (Å²) in [6.07, 6.45) is 1.41. The molecule has 0 radical (unpaired) electrons. The molecule has 0 saturated carbocycles. The van der Waals surface area contributed by atoms with Crippen LogP contribution in [-0.4, -0.2) is 31.6 Å². The standard InChI is InChI=1S/C15H13N5O2S/c1-9-6-12(21)20-15(18-9)23-7-13(22)19-14-10-4-2-3-5-11(10)16-8-17-14/h2-6,8H,7H2,1H3,(H,18,20,21)(H,16,17,19,22). The number of para-hydroxylation sites is 1. The van der Waals surface area contributed by atoms with E-state index < -0.39 is 0 Å². The lowest BCUT2D eigenvalue weighted by molar-refractivity contribution is -0.113. The van der Waals surface area contributed by atoms with Gasteiger partial charge in [-0.25, -0.2) is 15.0 Å². The van der Waals surface area contributed by atoms with E-state index in [-0.39, 0.29) is 17.2 Å². The Labute approximate surface area is 135 Å². The van der Waals surface area contributed by atoms with Crippen LogP contribution in [0.2, 0.25) is 0 Å². The molecule has 23 heavy (non-hydrogen) atoms. The maximum atomic E-state index is 12.1. The van der Waals surface area contributed by atoms with E-state index in [4.69, 9.17) is 0 Å². The molecule has 0 aliphatic carbocycles. The predicted octanol–water partition coefficient (Wildman–Crippen LogP) is 1.75. The highest BCUT2D eigenvalue weighted by atomic mass is 32.2. The van der Waals surface area contributed by atoms with E-state index >= 15 is 0 Å². The smallest absolute Gasteiger partial charge is 0.251 e. The van der Waals surface area contributed by atoms with Crippen molar-refractivity contribution in [3.05, 3.63) is 52.7 Å². The van der Waals surface area contributed by atoms with Crippen molar-refractivity contribution in [1.82, 2.24) is 19.9 Å². The first kappa shape index (κ1) is 15.2. The van der Waals surface area contributed by atoms with Gasteiger partial charge in [0, 0.05) is 17.1 Å². The molecule has 0 aliphatic rings. The Morgan fingerprint density at radius 2 is 2.13 bits per heavy atom. The Morgan fingerprint density at radius 1 is 1.30 bits per heavy atom. The van der Waals surface area contributed by atoms with Crippen LogP contribution in [0.4, 0.5) is 5.82 Å². The molecule has 0 saturated heterocycles. The summed E-state index contributed by atoms with van der Waals surface area (Å²) in [6.45, 7) is 1.73. The zero-order valence-corrected chi connectivity index (χ0v) is 13.1. The van der Waals surface area contributed by atoms with Gasteiger partial charge in [0.25, 0.3) is 5.56 Å². The summed E-state index contributed by atoms with van der Waals surface area (Å²) in [5.41, 5.74) is 1.13. The molecule has 0 unspecified atom stereocenters. The van der Waals surface area contributed by atoms with Crippen molar-refractivity contribution in [2.24, 2.45) is 0 Å². The number of carbonyl (C=O) groups excluding carboxylic acids is 1. The third kappa shape index (κ3) is 3.72. The maximum Gasteiger partial charge on any atom is 0.251 e. The van der Waals surface area contributed by atoms with Crippen molar-refractivity contribution in [1.29, 1.82) is 0 Å². The second-order valence-corrected chi connectivity index (χ2v) is 5.73. The van der Waals surface area contributed by atoms with Crippen molar-refractivity contribution >= 4 is 34.4 Å². The summed E-state index contributed by atoms with van der Waals surface area (Å²) in [6, 6.07) is 8.83. The van der Waals surface area contributed by atoms with Crippen LogP contribution in [0.3, 0.4) is 0 Å². The second kappa shape index (κ2) is 6.57. The monoisotopic (exact) mass is 327 g/mol. The van der Waals surface area contributed by atoms with E-state index in [2.05, 4.69) is 25.3 Å². The molecule has 116 valence electrons. The van der Waals surface area contributed by atoms with Crippen molar-refractivity contribution in [2.75, 3.05) is 11.1 Å². The number of anilines is 1. The number of hydrogen-bond donors (Lipinski definition) is 2. The van der Waals surface area contributed by atoms with Crippen LogP contribution in [0.1, 0.15) is 5.69 Å². The summed E-state index contributed by atoms with van der Waals surface area (Å²) in [7, 11) is 0. The maximum absolute atomic E-state index is 12.1. The third-order valence-electron chi connectivity index (χ3n) is 2.99. The molecule has 0 aliphatic heterocycles. The quantitative estimate of drug-likeness (QED) is 0.559. The van der Waals surface area contributed by atoms with Crippen molar-refractivity contribution in [3.63, 3.8) is 0 Å². The Balaban J connectivity index is 1.70. The Kier molecular flexibility index (Phi) is 4.33. The van der Waals surface area contributed by atoms with Crippen LogP contribution < -0.4 is 10.9 Å². The van der Waals surface area contributed by atoms with E-state index in [1.54, 1.807) is 6.92 Å². The number of carbonyl (C=O) groups is 1. The predicted molar refractivity (Wildman–Crippen MR) is 88.5 cm³/mol. The first-order valence-electron chi connectivity index (χ1n) is 6.82. The number of hydrogen-bond acceptors (Lipinski definition) is 6. The van der Waals surface area contributed by atoms with Crippen LogP contribution in [-0.2, 0) is 4.79 Å². The second-order valence-electron chi connectivity index (χ2n) is 4.77. The lowest BCUT2D eigenvalue weighted by Crippen LogP contribution is -2.16. The van der Waals surface area contributed by atoms with Gasteiger partial charge in [-0.3, -0.25) is 9.59 Å². The average Bonchev–Trinajstić information content (AvgIpc) is 2.52. The number of amides is 1. The van der Waals surface area contributed by atoms with Gasteiger partial charge in [-0.05, 0) is 19.1 Å². The number of rotatable bonds is 4. The molecular formula is C15H13N5O2S. The molecule has 0 atom stereocenters. The van der Waals surface area contributed by atoms with E-state index in [1.807, 2.05) is 24.3 Å². The van der Waals surface area contributed by atoms with Crippen LogP contribution in [0.25, 0.3) is 10.9 Å². The molecule has 3 rings (SSSR count). The number of thioether (sulfide) groups is 1. The lowest BCUT2D eigenvalue weighted by atomic mass is 10.2. The molecule has 2 N–H and O–H groups in total. The molecule has 1 amide bonds. The summed E-state index contributed by atoms with van der Waals surface area (Å²) < 4.78 is 0. The fourth-order valence-corrected chi connectivity index (χ4v) is 2.75. The number of aromatic nitrogens is 4. The molecule has 2 heterocycles. The van der Waals surface area contributed by atoms with Gasteiger partial charge in [-0.15, -0.1) is 0 Å². The van der Waals surface area contributed by atoms with Crippen LogP contribution >= 0.6 is 11.8 Å². The number of aromatic amines is 1. The molecule has 0 fully saturated rings. The Hall–Kier alpha value is -2.74. The molecule has 0 bridgehead atoms. The number of aryl methyl sites for hydroxylation is 1. The normalized spacial score (nSPS) is 10.7. The fourth-order valence-electron chi connectivity index (χ4n) is 2.03. The molecule has 7 nitrogen and oxygen atoms in total. The highest BCUT2D eigenvalue weighted by molar-refractivity contribution is 7.99. The molecule has 2 aromatic heterocycles. The van der Waals surface area contributed by atoms with Crippen LogP contribution in [0.5, 0.6) is 0 Å². The van der Waals surface area contributed by atoms with Gasteiger partial charge in [0.2, 0.25) is 5.91 Å². The van der Waals surface area contributed by atoms with E-state index in [1.165, 1.54) is 12.4 Å². The van der Waals surface area contributed by atoms with E-state index in [0.29, 0.717) is 16.7 Å². The van der Waals surface area contributed by atoms with Gasteiger partial charge in [0.15, 0.2) is 5.16 Å². The van der Waals surface area contributed by atoms with Gasteiger partial charge in [0.05, 0.1) is 11.3 Å². The average molecular weight is 327 g/mol. The minimum Gasteiger partial charge on any atom is -0.309 e. The minimum atomic E-state index is -0.234. The molecule has 0 spiro atoms. The van der Waals surface area contributed by atoms with Crippen molar-refractivity contribution < 1.29 is 4.79 Å². The van der Waals surface area contributed by atoms with Crippen molar-refractivity contribution in [2.45, 2.75) is 12.1 Å². The Bertz CT molecular complexity index is 920. The minimum absolute atomic E-state index is 0.116. The largest absolute Gasteiger partial charge is 0.309 e. The number of nitrogens with one attached hydrogen (secondary N) is 2. The first-order valence-corrected chi connectivity index (χ1v) is 7.81. The summed E-state index contributed by atoms with van der Waals surface area (Å²) >= 11 is 1.16. The first-order chi connectivity index (χ1) is 11.1. The summed E-state index contributed by atoms with van der Waals surface area (Å²) in [4.78, 5) is 38.5. The zero-order valence-electron chi connectivity index (χ0n) is 12.2. The number of nitrogens with zero attached hydrogens (tertiary/aromatic N) is 3. The van der Waals surface area contributed by atoms with Crippen LogP contribution in [0.15, 0.2) is 46.6 Å². The van der Waals surface area contributed by atoms with Gasteiger partial charge in [-0.1, -0.05) is 23.9 Å². The number of H-pyrrole nitrogens is 1. The number of fused-ring (bicyclic) bond motifs is 1. The highest BCUT2D eigenvalue weighted by Gasteiger charge is 2.09. The Morgan fingerprint density at radius 3 is 2.96 bits per heavy atom. The lowest BCUT2D eigenvalue weighted by Gasteiger charge is -2.06. The van der Waals surface area contributed by atoms with Gasteiger partial charge < -0.3 is 10.3 Å². The van der Waals surface area contributed by atoms with Crippen molar-refractivity contribution in [3.8, 4) is 0 Å². The third-order valence-corrected chi connectivity index (χ3v) is 3.86. The summed E-state index contributed by atoms with van der Waals surface area (Å²) in [5.74, 6) is 0.347.